The van der Waals surface area contributed by atoms with E-state index in [1.165, 1.54) is 302 Å². The SMILES string of the molecule is CCCCCCCCCCCCCCCCCCCCCCCCCCCCCCCCCCCCCCCCCCCCCCC1CCCCC1. The Hall–Kier alpha value is 0. The van der Waals surface area contributed by atoms with Gasteiger partial charge in [-0.05, 0) is 5.92 Å². The quantitative estimate of drug-likeness (QED) is 0.0548. The van der Waals surface area contributed by atoms with Gasteiger partial charge in [-0.3, -0.25) is 0 Å². The first-order valence-corrected chi connectivity index (χ1v) is 25.9. The molecule has 0 atom stereocenters. The lowest BCUT2D eigenvalue weighted by atomic mass is 9.85. The Morgan fingerprint density at radius 2 is 0.385 bits per heavy atom. The maximum absolute atomic E-state index is 2.31. The summed E-state index contributed by atoms with van der Waals surface area (Å²) in [5.41, 5.74) is 0. The van der Waals surface area contributed by atoms with Crippen molar-refractivity contribution in [3.05, 3.63) is 0 Å². The summed E-state index contributed by atoms with van der Waals surface area (Å²) in [5.74, 6) is 1.10. The monoisotopic (exact) mass is 729 g/mol. The highest BCUT2D eigenvalue weighted by molar-refractivity contribution is 4.65. The van der Waals surface area contributed by atoms with Crippen LogP contribution in [-0.4, -0.2) is 0 Å². The Bertz CT molecular complexity index is 601. The lowest BCUT2D eigenvalue weighted by molar-refractivity contribution is 0.328. The molecule has 0 amide bonds. The van der Waals surface area contributed by atoms with Crippen LogP contribution < -0.4 is 0 Å². The van der Waals surface area contributed by atoms with Crippen molar-refractivity contribution < 1.29 is 0 Å². The smallest absolute Gasteiger partial charge is 0.0414 e. The summed E-state index contributed by atoms with van der Waals surface area (Å²) in [4.78, 5) is 0. The standard InChI is InChI=1S/C52H104/c1-2-3-4-5-6-7-8-9-10-11-12-13-14-15-16-17-18-19-20-21-22-23-24-25-26-27-28-29-30-31-32-33-34-35-36-37-38-39-40-41-42-43-44-46-49-52-50-47-45-48-51-52/h52H,2-51H2,1H3. The molecule has 0 radical (unpaired) electrons. The van der Waals surface area contributed by atoms with Crippen molar-refractivity contribution in [1.29, 1.82) is 0 Å². The van der Waals surface area contributed by atoms with Crippen molar-refractivity contribution in [2.24, 2.45) is 5.92 Å². The molecule has 1 saturated carbocycles. The highest BCUT2D eigenvalue weighted by Crippen LogP contribution is 2.28. The van der Waals surface area contributed by atoms with Gasteiger partial charge in [0.1, 0.15) is 0 Å². The van der Waals surface area contributed by atoms with Crippen LogP contribution in [0.15, 0.2) is 0 Å². The Morgan fingerprint density at radius 3 is 0.577 bits per heavy atom. The summed E-state index contributed by atoms with van der Waals surface area (Å²) in [7, 11) is 0. The second-order valence-corrected chi connectivity index (χ2v) is 18.5. The zero-order valence-corrected chi connectivity index (χ0v) is 36.9. The first-order chi connectivity index (χ1) is 25.9. The van der Waals surface area contributed by atoms with E-state index in [0.29, 0.717) is 0 Å². The van der Waals surface area contributed by atoms with Crippen LogP contribution in [0, 0.1) is 5.92 Å². The fraction of sp³-hybridized carbons (Fsp3) is 1.00. The summed E-state index contributed by atoms with van der Waals surface area (Å²) in [6.07, 6.45) is 74.9. The van der Waals surface area contributed by atoms with Gasteiger partial charge in [-0.15, -0.1) is 0 Å². The van der Waals surface area contributed by atoms with E-state index >= 15 is 0 Å². The number of rotatable bonds is 45. The Labute approximate surface area is 332 Å². The highest BCUT2D eigenvalue weighted by Gasteiger charge is 2.12. The van der Waals surface area contributed by atoms with Crippen LogP contribution in [-0.2, 0) is 0 Å². The van der Waals surface area contributed by atoms with Gasteiger partial charge in [0, 0.05) is 0 Å². The minimum Gasteiger partial charge on any atom is -0.0654 e. The molecule has 0 unspecified atom stereocenters. The summed E-state index contributed by atoms with van der Waals surface area (Å²) in [6.45, 7) is 2.31. The van der Waals surface area contributed by atoms with Crippen molar-refractivity contribution in [1.82, 2.24) is 0 Å². The van der Waals surface area contributed by atoms with Gasteiger partial charge in [0.25, 0.3) is 0 Å². The van der Waals surface area contributed by atoms with Crippen LogP contribution in [0.3, 0.4) is 0 Å². The normalized spacial score (nSPS) is 13.8. The van der Waals surface area contributed by atoms with Crippen molar-refractivity contribution in [2.45, 2.75) is 328 Å². The molecule has 0 heteroatoms. The molecular formula is C52H104. The van der Waals surface area contributed by atoms with Crippen molar-refractivity contribution >= 4 is 0 Å². The van der Waals surface area contributed by atoms with Gasteiger partial charge in [0.05, 0.1) is 0 Å². The van der Waals surface area contributed by atoms with Gasteiger partial charge in [0.2, 0.25) is 0 Å². The Kier molecular flexibility index (Phi) is 43.7. The molecule has 0 nitrogen and oxygen atoms in total. The molecule has 0 heterocycles. The summed E-state index contributed by atoms with van der Waals surface area (Å²) in [5, 5.41) is 0. The molecule has 1 fully saturated rings. The van der Waals surface area contributed by atoms with E-state index in [2.05, 4.69) is 6.92 Å². The molecule has 0 N–H and O–H groups in total. The molecule has 1 rings (SSSR count). The molecule has 0 spiro atoms. The second kappa shape index (κ2) is 45.4. The van der Waals surface area contributed by atoms with E-state index in [0.717, 1.165) is 5.92 Å². The minimum absolute atomic E-state index is 1.10. The predicted octanol–water partition coefficient (Wildman–Crippen LogP) is 20.1. The minimum atomic E-state index is 1.10. The largest absolute Gasteiger partial charge is 0.0654 e. The molecule has 1 aliphatic rings. The van der Waals surface area contributed by atoms with Crippen molar-refractivity contribution in [3.8, 4) is 0 Å². The average molecular weight is 729 g/mol. The van der Waals surface area contributed by atoms with Crippen LogP contribution in [0.4, 0.5) is 0 Å². The van der Waals surface area contributed by atoms with E-state index in [1.807, 2.05) is 0 Å². The van der Waals surface area contributed by atoms with E-state index in [9.17, 15) is 0 Å². The first-order valence-electron chi connectivity index (χ1n) is 25.9. The van der Waals surface area contributed by atoms with Gasteiger partial charge in [-0.1, -0.05) is 328 Å². The third kappa shape index (κ3) is 41.2. The summed E-state index contributed by atoms with van der Waals surface area (Å²) >= 11 is 0. The molecule has 0 saturated heterocycles. The molecule has 0 aromatic heterocycles. The molecule has 312 valence electrons. The lowest BCUT2D eigenvalue weighted by Gasteiger charge is -2.21. The molecule has 0 aliphatic heterocycles. The predicted molar refractivity (Wildman–Crippen MR) is 240 cm³/mol. The van der Waals surface area contributed by atoms with Crippen LogP contribution in [0.1, 0.15) is 328 Å². The third-order valence-corrected chi connectivity index (χ3v) is 13.2. The highest BCUT2D eigenvalue weighted by atomic mass is 14.2. The van der Waals surface area contributed by atoms with Gasteiger partial charge in [-0.25, -0.2) is 0 Å². The van der Waals surface area contributed by atoms with Crippen molar-refractivity contribution in [3.63, 3.8) is 0 Å². The van der Waals surface area contributed by atoms with E-state index in [1.54, 1.807) is 19.3 Å². The lowest BCUT2D eigenvalue weighted by Crippen LogP contribution is -2.05. The fourth-order valence-electron chi connectivity index (χ4n) is 9.41. The van der Waals surface area contributed by atoms with Crippen LogP contribution in [0.2, 0.25) is 0 Å². The second-order valence-electron chi connectivity index (χ2n) is 18.5. The summed E-state index contributed by atoms with van der Waals surface area (Å²) < 4.78 is 0. The molecular weight excluding hydrogens is 625 g/mol. The van der Waals surface area contributed by atoms with Gasteiger partial charge < -0.3 is 0 Å². The fourth-order valence-corrected chi connectivity index (χ4v) is 9.41. The molecule has 0 aromatic rings. The number of hydrogen-bond acceptors (Lipinski definition) is 0. The molecule has 0 aromatic carbocycles. The zero-order valence-electron chi connectivity index (χ0n) is 36.9. The maximum atomic E-state index is 2.31. The van der Waals surface area contributed by atoms with Crippen LogP contribution in [0.5, 0.6) is 0 Å². The topological polar surface area (TPSA) is 0 Å². The Morgan fingerprint density at radius 1 is 0.212 bits per heavy atom. The molecule has 52 heavy (non-hydrogen) atoms. The first kappa shape index (κ1) is 50.0. The summed E-state index contributed by atoms with van der Waals surface area (Å²) in [6, 6.07) is 0. The van der Waals surface area contributed by atoms with Crippen molar-refractivity contribution in [2.75, 3.05) is 0 Å². The average Bonchev–Trinajstić information content (AvgIpc) is 3.17. The molecule has 1 aliphatic carbocycles. The van der Waals surface area contributed by atoms with Crippen LogP contribution in [0.25, 0.3) is 0 Å². The van der Waals surface area contributed by atoms with Gasteiger partial charge in [0.15, 0.2) is 0 Å². The number of unbranched alkanes of at least 4 members (excludes halogenated alkanes) is 43. The molecule has 0 bridgehead atoms. The van der Waals surface area contributed by atoms with Gasteiger partial charge in [-0.2, -0.15) is 0 Å². The van der Waals surface area contributed by atoms with Crippen LogP contribution >= 0.6 is 0 Å². The van der Waals surface area contributed by atoms with Gasteiger partial charge >= 0.3 is 0 Å². The third-order valence-electron chi connectivity index (χ3n) is 13.2. The van der Waals surface area contributed by atoms with E-state index in [-0.39, 0.29) is 0 Å². The number of hydrogen-bond donors (Lipinski definition) is 0. The van der Waals surface area contributed by atoms with E-state index < -0.39 is 0 Å². The Balaban J connectivity index is 1.59. The zero-order chi connectivity index (χ0) is 36.9. The van der Waals surface area contributed by atoms with E-state index in [4.69, 9.17) is 0 Å². The maximum Gasteiger partial charge on any atom is -0.0414 e.